The van der Waals surface area contributed by atoms with E-state index in [4.69, 9.17) is 0 Å². The SMILES string of the molecule is CCCCC1=CCc2ccccc2[Se]1. The molecule has 1 aromatic carbocycles. The van der Waals surface area contributed by atoms with Gasteiger partial charge < -0.3 is 0 Å². The second-order valence-electron chi connectivity index (χ2n) is 3.69. The molecule has 0 spiro atoms. The molecule has 2 rings (SSSR count). The number of hydrogen-bond acceptors (Lipinski definition) is 0. The molecule has 1 aliphatic heterocycles. The fourth-order valence-electron chi connectivity index (χ4n) is 1.68. The third kappa shape index (κ3) is 2.29. The number of rotatable bonds is 3. The van der Waals surface area contributed by atoms with Gasteiger partial charge in [-0.2, -0.15) is 0 Å². The van der Waals surface area contributed by atoms with Crippen molar-refractivity contribution in [2.45, 2.75) is 32.6 Å². The van der Waals surface area contributed by atoms with Crippen LogP contribution in [0, 0.1) is 0 Å². The van der Waals surface area contributed by atoms with Crippen LogP contribution in [-0.2, 0) is 6.42 Å². The molecule has 0 nitrogen and oxygen atoms in total. The Balaban J connectivity index is 2.05. The normalized spacial score (nSPS) is 14.8. The zero-order chi connectivity index (χ0) is 9.80. The van der Waals surface area contributed by atoms with Crippen molar-refractivity contribution in [3.8, 4) is 0 Å². The van der Waals surface area contributed by atoms with Crippen LogP contribution in [0.1, 0.15) is 31.7 Å². The van der Waals surface area contributed by atoms with E-state index in [0.717, 1.165) is 6.42 Å². The van der Waals surface area contributed by atoms with Crippen LogP contribution in [0.2, 0.25) is 0 Å². The zero-order valence-corrected chi connectivity index (χ0v) is 10.3. The quantitative estimate of drug-likeness (QED) is 0.724. The Kier molecular flexibility index (Phi) is 3.44. The second kappa shape index (κ2) is 4.82. The molecule has 0 aromatic heterocycles. The van der Waals surface area contributed by atoms with Gasteiger partial charge in [0.05, 0.1) is 0 Å². The third-order valence-corrected chi connectivity index (χ3v) is 5.17. The molecule has 0 atom stereocenters. The molecule has 0 saturated carbocycles. The van der Waals surface area contributed by atoms with E-state index in [1.807, 2.05) is 0 Å². The van der Waals surface area contributed by atoms with E-state index >= 15 is 0 Å². The van der Waals surface area contributed by atoms with E-state index in [-0.39, 0.29) is 0 Å². The van der Waals surface area contributed by atoms with Gasteiger partial charge in [0.15, 0.2) is 0 Å². The van der Waals surface area contributed by atoms with Gasteiger partial charge in [-0.3, -0.25) is 0 Å². The molecule has 0 aliphatic carbocycles. The predicted octanol–water partition coefficient (Wildman–Crippen LogP) is 2.65. The number of unbranched alkanes of at least 4 members (excludes halogenated alkanes) is 1. The van der Waals surface area contributed by atoms with Crippen molar-refractivity contribution in [3.05, 3.63) is 40.4 Å². The van der Waals surface area contributed by atoms with E-state index in [1.54, 1.807) is 14.5 Å². The Hall–Kier alpha value is -0.521. The van der Waals surface area contributed by atoms with Gasteiger partial charge in [0, 0.05) is 0 Å². The molecule has 0 radical (unpaired) electrons. The molecule has 1 aliphatic rings. The Bertz CT molecular complexity index is 339. The molecule has 0 N–H and O–H groups in total. The first-order valence-corrected chi connectivity index (χ1v) is 7.06. The summed E-state index contributed by atoms with van der Waals surface area (Å²) in [6.07, 6.45) is 7.62. The summed E-state index contributed by atoms with van der Waals surface area (Å²) in [5.74, 6) is 0. The molecule has 1 aromatic rings. The van der Waals surface area contributed by atoms with Crippen LogP contribution in [0.3, 0.4) is 0 Å². The van der Waals surface area contributed by atoms with Gasteiger partial charge in [-0.05, 0) is 0 Å². The Morgan fingerprint density at radius 3 is 3.00 bits per heavy atom. The monoisotopic (exact) mass is 252 g/mol. The van der Waals surface area contributed by atoms with Crippen LogP contribution >= 0.6 is 0 Å². The van der Waals surface area contributed by atoms with E-state index in [2.05, 4.69) is 37.3 Å². The van der Waals surface area contributed by atoms with Gasteiger partial charge in [0.25, 0.3) is 0 Å². The zero-order valence-electron chi connectivity index (χ0n) is 8.62. The van der Waals surface area contributed by atoms with Crippen LogP contribution in [0.25, 0.3) is 0 Å². The topological polar surface area (TPSA) is 0 Å². The van der Waals surface area contributed by atoms with Crippen molar-refractivity contribution in [3.63, 3.8) is 0 Å². The minimum absolute atomic E-state index is 0.615. The van der Waals surface area contributed by atoms with Gasteiger partial charge in [0.2, 0.25) is 0 Å². The first kappa shape index (κ1) is 10.0. The number of allylic oxidation sites excluding steroid dienone is 2. The summed E-state index contributed by atoms with van der Waals surface area (Å²) in [5, 5.41) is 0. The average molecular weight is 251 g/mol. The number of benzene rings is 1. The molecule has 1 heteroatoms. The summed E-state index contributed by atoms with van der Waals surface area (Å²) in [6.45, 7) is 2.27. The van der Waals surface area contributed by atoms with E-state index < -0.39 is 0 Å². The van der Waals surface area contributed by atoms with E-state index in [0.29, 0.717) is 15.0 Å². The Labute approximate surface area is 92.6 Å². The minimum atomic E-state index is 0.615. The maximum absolute atomic E-state index is 2.46. The molecule has 0 fully saturated rings. The molecule has 14 heavy (non-hydrogen) atoms. The van der Waals surface area contributed by atoms with E-state index in [9.17, 15) is 0 Å². The van der Waals surface area contributed by atoms with Crippen LogP contribution in [-0.4, -0.2) is 15.0 Å². The van der Waals surface area contributed by atoms with Gasteiger partial charge in [0.1, 0.15) is 0 Å². The van der Waals surface area contributed by atoms with E-state index in [1.165, 1.54) is 19.3 Å². The Morgan fingerprint density at radius 2 is 2.14 bits per heavy atom. The average Bonchev–Trinajstić information content (AvgIpc) is 2.26. The van der Waals surface area contributed by atoms with Crippen molar-refractivity contribution in [2.75, 3.05) is 0 Å². The van der Waals surface area contributed by atoms with Crippen molar-refractivity contribution in [1.82, 2.24) is 0 Å². The van der Waals surface area contributed by atoms with Crippen molar-refractivity contribution in [2.24, 2.45) is 0 Å². The summed E-state index contributed by atoms with van der Waals surface area (Å²) in [7, 11) is 0. The summed E-state index contributed by atoms with van der Waals surface area (Å²) in [5.41, 5.74) is 1.55. The summed E-state index contributed by atoms with van der Waals surface area (Å²) >= 11 is 0.615. The Morgan fingerprint density at radius 1 is 1.29 bits per heavy atom. The molecule has 0 saturated heterocycles. The standard InChI is InChI=1S/C13H16Se/c1-2-3-7-12-10-9-11-6-4-5-8-13(11)14-12/h4-6,8,10H,2-3,7,9H2,1H3. The molecular weight excluding hydrogens is 235 g/mol. The van der Waals surface area contributed by atoms with Crippen molar-refractivity contribution in [1.29, 1.82) is 0 Å². The van der Waals surface area contributed by atoms with Crippen LogP contribution in [0.4, 0.5) is 0 Å². The number of hydrogen-bond donors (Lipinski definition) is 0. The second-order valence-corrected chi connectivity index (χ2v) is 6.14. The third-order valence-electron chi connectivity index (χ3n) is 2.54. The van der Waals surface area contributed by atoms with Gasteiger partial charge in [-0.1, -0.05) is 0 Å². The van der Waals surface area contributed by atoms with Crippen LogP contribution in [0.5, 0.6) is 0 Å². The van der Waals surface area contributed by atoms with Gasteiger partial charge in [-0.15, -0.1) is 0 Å². The fraction of sp³-hybridized carbons (Fsp3) is 0.385. The fourth-order valence-corrected chi connectivity index (χ4v) is 4.04. The van der Waals surface area contributed by atoms with Crippen LogP contribution in [0.15, 0.2) is 34.8 Å². The summed E-state index contributed by atoms with van der Waals surface area (Å²) < 4.78 is 3.31. The maximum atomic E-state index is 2.46. The summed E-state index contributed by atoms with van der Waals surface area (Å²) in [6, 6.07) is 8.89. The van der Waals surface area contributed by atoms with Crippen molar-refractivity contribution < 1.29 is 0 Å². The van der Waals surface area contributed by atoms with Gasteiger partial charge >= 0.3 is 92.4 Å². The molecular formula is C13H16Se. The molecule has 1 heterocycles. The number of fused-ring (bicyclic) bond motifs is 1. The van der Waals surface area contributed by atoms with Gasteiger partial charge in [-0.25, -0.2) is 0 Å². The summed E-state index contributed by atoms with van der Waals surface area (Å²) in [4.78, 5) is 0. The first-order valence-electron chi connectivity index (χ1n) is 5.35. The first-order chi connectivity index (χ1) is 6.90. The molecule has 74 valence electrons. The van der Waals surface area contributed by atoms with Crippen molar-refractivity contribution >= 4 is 19.4 Å². The molecule has 0 amide bonds. The molecule has 0 bridgehead atoms. The molecule has 0 unspecified atom stereocenters. The predicted molar refractivity (Wildman–Crippen MR) is 63.1 cm³/mol. The van der Waals surface area contributed by atoms with Crippen LogP contribution < -0.4 is 4.46 Å².